The smallest absolute Gasteiger partial charge is 0.534 e. The summed E-state index contributed by atoms with van der Waals surface area (Å²) in [6.45, 7) is 7.19. The third-order valence-corrected chi connectivity index (χ3v) is 2.71. The molecule has 1 aliphatic rings. The maximum absolute atomic E-state index is 13.3. The van der Waals surface area contributed by atoms with Gasteiger partial charge in [-0.05, 0) is 19.9 Å². The number of nitro groups is 1. The Morgan fingerprint density at radius 3 is 2.61 bits per heavy atom. The second kappa shape index (κ2) is 4.10. The van der Waals surface area contributed by atoms with Crippen LogP contribution >= 0.6 is 0 Å². The maximum Gasteiger partial charge on any atom is 0.563 e. The number of non-ortho nitro benzene ring substituents is 1. The molecule has 0 atom stereocenters. The molecule has 1 aliphatic heterocycles. The van der Waals surface area contributed by atoms with Crippen LogP contribution in [-0.2, 0) is 9.31 Å². The zero-order valence-electron chi connectivity index (χ0n) is 9.97. The van der Waals surface area contributed by atoms with E-state index in [1.54, 1.807) is 13.8 Å². The molecule has 1 fully saturated rings. The van der Waals surface area contributed by atoms with Crippen LogP contribution in [0.1, 0.15) is 13.8 Å². The van der Waals surface area contributed by atoms with Gasteiger partial charge < -0.3 is 9.31 Å². The number of hydrogen-bond acceptors (Lipinski definition) is 4. The molecule has 94 valence electrons. The van der Waals surface area contributed by atoms with Crippen molar-refractivity contribution in [3.8, 4) is 0 Å². The summed E-state index contributed by atoms with van der Waals surface area (Å²) in [7, 11) is -0.873. The first kappa shape index (κ1) is 12.6. The minimum Gasteiger partial charge on any atom is -0.534 e. The van der Waals surface area contributed by atoms with Crippen LogP contribution in [-0.4, -0.2) is 17.6 Å². The number of nitrogens with zero attached hydrogens (tertiary/aromatic N) is 1. The Kier molecular flexibility index (Phi) is 2.86. The Hall–Kier alpha value is -1.89. The number of benzene rings is 1. The fourth-order valence-corrected chi connectivity index (χ4v) is 1.60. The molecule has 0 unspecified atom stereocenters. The summed E-state index contributed by atoms with van der Waals surface area (Å²) in [5.74, 6) is -0.305. The molecular formula is C11H11BFNO4. The average molecular weight is 251 g/mol. The predicted molar refractivity (Wildman–Crippen MR) is 63.8 cm³/mol. The van der Waals surface area contributed by atoms with Crippen molar-refractivity contribution in [3.63, 3.8) is 0 Å². The van der Waals surface area contributed by atoms with Crippen LogP contribution in [0.2, 0.25) is 0 Å². The van der Waals surface area contributed by atoms with E-state index in [0.29, 0.717) is 5.76 Å². The van der Waals surface area contributed by atoms with Gasteiger partial charge in [-0.1, -0.05) is 6.58 Å². The van der Waals surface area contributed by atoms with Crippen molar-refractivity contribution in [2.75, 3.05) is 0 Å². The van der Waals surface area contributed by atoms with Crippen LogP contribution in [0.25, 0.3) is 0 Å². The zero-order valence-corrected chi connectivity index (χ0v) is 9.97. The van der Waals surface area contributed by atoms with Gasteiger partial charge in [-0.15, -0.1) is 0 Å². The fourth-order valence-electron chi connectivity index (χ4n) is 1.60. The van der Waals surface area contributed by atoms with E-state index in [-0.39, 0.29) is 11.2 Å². The lowest BCUT2D eigenvalue weighted by atomic mass is 9.79. The van der Waals surface area contributed by atoms with Gasteiger partial charge in [0.05, 0.1) is 16.7 Å². The van der Waals surface area contributed by atoms with Gasteiger partial charge >= 0.3 is 7.12 Å². The molecule has 0 saturated carbocycles. The maximum atomic E-state index is 13.3. The highest BCUT2D eigenvalue weighted by atomic mass is 19.1. The lowest BCUT2D eigenvalue weighted by molar-refractivity contribution is -0.385. The van der Waals surface area contributed by atoms with Crippen LogP contribution in [0.3, 0.4) is 0 Å². The molecule has 0 amide bonds. The highest BCUT2D eigenvalue weighted by Gasteiger charge is 2.43. The molecule has 0 bridgehead atoms. The quantitative estimate of drug-likeness (QED) is 0.456. The Labute approximate surface area is 103 Å². The second-order valence-corrected chi connectivity index (χ2v) is 4.50. The van der Waals surface area contributed by atoms with Gasteiger partial charge in [0, 0.05) is 11.5 Å². The number of halogens is 1. The van der Waals surface area contributed by atoms with E-state index in [1.165, 1.54) is 6.07 Å². The van der Waals surface area contributed by atoms with Crippen LogP contribution < -0.4 is 5.46 Å². The summed E-state index contributed by atoms with van der Waals surface area (Å²) in [5, 5.41) is 10.7. The van der Waals surface area contributed by atoms with Crippen molar-refractivity contribution < 1.29 is 18.6 Å². The monoisotopic (exact) mass is 251 g/mol. The van der Waals surface area contributed by atoms with E-state index >= 15 is 0 Å². The topological polar surface area (TPSA) is 61.6 Å². The van der Waals surface area contributed by atoms with Crippen LogP contribution in [0.15, 0.2) is 30.5 Å². The van der Waals surface area contributed by atoms with E-state index in [4.69, 9.17) is 9.31 Å². The number of hydrogen-bond donors (Lipinski definition) is 0. The Morgan fingerprint density at radius 1 is 1.44 bits per heavy atom. The summed E-state index contributed by atoms with van der Waals surface area (Å²) >= 11 is 0. The van der Waals surface area contributed by atoms with Gasteiger partial charge in [0.25, 0.3) is 5.69 Å². The number of nitro benzene ring substituents is 1. The van der Waals surface area contributed by atoms with E-state index in [9.17, 15) is 14.5 Å². The molecule has 18 heavy (non-hydrogen) atoms. The minimum atomic E-state index is -0.873. The first-order valence-corrected chi connectivity index (χ1v) is 5.28. The van der Waals surface area contributed by atoms with Gasteiger partial charge in [-0.25, -0.2) is 4.39 Å². The van der Waals surface area contributed by atoms with Crippen molar-refractivity contribution in [3.05, 3.63) is 46.5 Å². The van der Waals surface area contributed by atoms with E-state index in [1.807, 2.05) is 0 Å². The predicted octanol–water partition coefficient (Wildman–Crippen LogP) is 1.77. The van der Waals surface area contributed by atoms with E-state index < -0.39 is 23.5 Å². The third kappa shape index (κ3) is 2.21. The van der Waals surface area contributed by atoms with Gasteiger partial charge in [-0.2, -0.15) is 0 Å². The Bertz CT molecular complexity index is 532. The molecule has 0 N–H and O–H groups in total. The van der Waals surface area contributed by atoms with Gasteiger partial charge in [0.15, 0.2) is 0 Å². The highest BCUT2D eigenvalue weighted by molar-refractivity contribution is 6.62. The van der Waals surface area contributed by atoms with Gasteiger partial charge in [-0.3, -0.25) is 10.1 Å². The van der Waals surface area contributed by atoms with Crippen molar-refractivity contribution in [2.45, 2.75) is 19.4 Å². The highest BCUT2D eigenvalue weighted by Crippen LogP contribution is 2.29. The van der Waals surface area contributed by atoms with E-state index in [2.05, 4.69) is 6.58 Å². The lowest BCUT2D eigenvalue weighted by Crippen LogP contribution is -2.34. The Balaban J connectivity index is 2.35. The molecule has 1 aromatic carbocycles. The van der Waals surface area contributed by atoms with E-state index in [0.717, 1.165) is 12.1 Å². The first-order chi connectivity index (χ1) is 8.29. The van der Waals surface area contributed by atoms with Gasteiger partial charge in [0.2, 0.25) is 0 Å². The molecule has 0 aliphatic carbocycles. The molecule has 0 spiro atoms. The van der Waals surface area contributed by atoms with Gasteiger partial charge in [0.1, 0.15) is 11.4 Å². The number of rotatable bonds is 2. The molecule has 0 aromatic heterocycles. The Morgan fingerprint density at radius 2 is 2.11 bits per heavy atom. The first-order valence-electron chi connectivity index (χ1n) is 5.28. The fraction of sp³-hybridized carbons (Fsp3) is 0.273. The van der Waals surface area contributed by atoms with Crippen molar-refractivity contribution >= 4 is 18.3 Å². The standard InChI is InChI=1S/C11H11BFNO4/c1-7-11(2,3)18-12(17-7)8-4-9(13)6-10(5-8)14(15)16/h4-6H,1H2,2-3H3. The summed E-state index contributed by atoms with van der Waals surface area (Å²) in [6, 6.07) is 3.22. The lowest BCUT2D eigenvalue weighted by Gasteiger charge is -2.15. The zero-order chi connectivity index (χ0) is 13.5. The molecule has 1 heterocycles. The summed E-state index contributed by atoms with van der Waals surface area (Å²) in [5.41, 5.74) is -0.785. The van der Waals surface area contributed by atoms with Crippen molar-refractivity contribution in [1.29, 1.82) is 0 Å². The normalized spacial score (nSPS) is 17.7. The molecule has 1 saturated heterocycles. The minimum absolute atomic E-state index is 0.258. The molecule has 7 heteroatoms. The molecule has 2 rings (SSSR count). The summed E-state index contributed by atoms with van der Waals surface area (Å²) < 4.78 is 24.2. The van der Waals surface area contributed by atoms with Crippen LogP contribution in [0.4, 0.5) is 10.1 Å². The molecule has 0 radical (unpaired) electrons. The third-order valence-electron chi connectivity index (χ3n) is 2.71. The molecular weight excluding hydrogens is 240 g/mol. The molecule has 5 nitrogen and oxygen atoms in total. The SMILES string of the molecule is C=C1OB(c2cc(F)cc([N+](=O)[O-])c2)OC1(C)C. The summed E-state index contributed by atoms with van der Waals surface area (Å²) in [6.07, 6.45) is 0. The van der Waals surface area contributed by atoms with Crippen molar-refractivity contribution in [2.24, 2.45) is 0 Å². The largest absolute Gasteiger partial charge is 0.563 e. The average Bonchev–Trinajstić information content (AvgIpc) is 2.52. The van der Waals surface area contributed by atoms with Crippen LogP contribution in [0, 0.1) is 15.9 Å². The summed E-state index contributed by atoms with van der Waals surface area (Å²) in [4.78, 5) is 9.99. The van der Waals surface area contributed by atoms with Crippen LogP contribution in [0.5, 0.6) is 0 Å². The second-order valence-electron chi connectivity index (χ2n) is 4.50. The molecule has 1 aromatic rings. The van der Waals surface area contributed by atoms with Crippen molar-refractivity contribution in [1.82, 2.24) is 0 Å².